The Morgan fingerprint density at radius 3 is 2.60 bits per heavy atom. The number of benzene rings is 1. The van der Waals surface area contributed by atoms with Crippen molar-refractivity contribution in [3.05, 3.63) is 23.8 Å². The summed E-state index contributed by atoms with van der Waals surface area (Å²) in [6, 6.07) is 6.24. The second-order valence-electron chi connectivity index (χ2n) is 5.37. The molecule has 0 bridgehead atoms. The fourth-order valence-electron chi connectivity index (χ4n) is 2.95. The molecule has 112 valence electrons. The Bertz CT molecular complexity index is 441. The third-order valence-corrected chi connectivity index (χ3v) is 4.01. The minimum Gasteiger partial charge on any atom is -0.493 e. The standard InChI is InChI=1S/C16H25NO3/c1-5-17-15(16(2)9-6-10-20-16)12-7-8-13(18-3)14(11-12)19-4/h7-8,11,15,17H,5-6,9-10H2,1-4H3. The van der Waals surface area contributed by atoms with E-state index in [2.05, 4.69) is 25.2 Å². The molecule has 1 aliphatic heterocycles. The van der Waals surface area contributed by atoms with Crippen molar-refractivity contribution < 1.29 is 14.2 Å². The monoisotopic (exact) mass is 279 g/mol. The number of nitrogens with one attached hydrogen (secondary N) is 1. The van der Waals surface area contributed by atoms with Crippen LogP contribution in [0.15, 0.2) is 18.2 Å². The van der Waals surface area contributed by atoms with Crippen LogP contribution in [0.4, 0.5) is 0 Å². The molecule has 0 radical (unpaired) electrons. The number of methoxy groups -OCH3 is 2. The zero-order valence-corrected chi connectivity index (χ0v) is 12.9. The summed E-state index contributed by atoms with van der Waals surface area (Å²) in [5.74, 6) is 1.51. The van der Waals surface area contributed by atoms with Gasteiger partial charge in [0.05, 0.1) is 25.9 Å². The van der Waals surface area contributed by atoms with Crippen molar-refractivity contribution in [2.75, 3.05) is 27.4 Å². The maximum Gasteiger partial charge on any atom is 0.161 e. The highest BCUT2D eigenvalue weighted by molar-refractivity contribution is 5.44. The number of hydrogen-bond acceptors (Lipinski definition) is 4. The molecule has 1 aromatic carbocycles. The molecule has 1 heterocycles. The van der Waals surface area contributed by atoms with Gasteiger partial charge in [-0.25, -0.2) is 0 Å². The fraction of sp³-hybridized carbons (Fsp3) is 0.625. The molecule has 4 heteroatoms. The van der Waals surface area contributed by atoms with Crippen LogP contribution in [0.25, 0.3) is 0 Å². The Labute approximate surface area is 121 Å². The van der Waals surface area contributed by atoms with Gasteiger partial charge in [0.2, 0.25) is 0 Å². The van der Waals surface area contributed by atoms with E-state index >= 15 is 0 Å². The SMILES string of the molecule is CCNC(c1ccc(OC)c(OC)c1)C1(C)CCCO1. The molecule has 0 aliphatic carbocycles. The van der Waals surface area contributed by atoms with Gasteiger partial charge in [-0.1, -0.05) is 13.0 Å². The highest BCUT2D eigenvalue weighted by Gasteiger charge is 2.39. The van der Waals surface area contributed by atoms with Gasteiger partial charge in [-0.15, -0.1) is 0 Å². The lowest BCUT2D eigenvalue weighted by atomic mass is 9.87. The van der Waals surface area contributed by atoms with E-state index in [1.165, 1.54) is 5.56 Å². The Morgan fingerprint density at radius 1 is 1.30 bits per heavy atom. The van der Waals surface area contributed by atoms with Crippen LogP contribution >= 0.6 is 0 Å². The number of likely N-dealkylation sites (N-methyl/N-ethyl adjacent to an activating group) is 1. The van der Waals surface area contributed by atoms with Crippen LogP contribution in [0.1, 0.15) is 38.3 Å². The molecule has 0 spiro atoms. The third kappa shape index (κ3) is 2.91. The van der Waals surface area contributed by atoms with Crippen molar-refractivity contribution in [1.82, 2.24) is 5.32 Å². The van der Waals surface area contributed by atoms with Crippen molar-refractivity contribution in [3.8, 4) is 11.5 Å². The highest BCUT2D eigenvalue weighted by Crippen LogP contribution is 2.39. The highest BCUT2D eigenvalue weighted by atomic mass is 16.5. The third-order valence-electron chi connectivity index (χ3n) is 4.01. The second kappa shape index (κ2) is 6.46. The van der Waals surface area contributed by atoms with E-state index in [-0.39, 0.29) is 11.6 Å². The van der Waals surface area contributed by atoms with E-state index in [4.69, 9.17) is 14.2 Å². The van der Waals surface area contributed by atoms with Crippen molar-refractivity contribution in [1.29, 1.82) is 0 Å². The molecule has 1 aliphatic rings. The van der Waals surface area contributed by atoms with Crippen molar-refractivity contribution in [3.63, 3.8) is 0 Å². The topological polar surface area (TPSA) is 39.7 Å². The average Bonchev–Trinajstić information content (AvgIpc) is 2.91. The van der Waals surface area contributed by atoms with Crippen LogP contribution in [-0.2, 0) is 4.74 Å². The summed E-state index contributed by atoms with van der Waals surface area (Å²) in [5, 5.41) is 3.55. The van der Waals surface area contributed by atoms with E-state index in [0.717, 1.165) is 37.5 Å². The maximum atomic E-state index is 6.01. The van der Waals surface area contributed by atoms with Crippen LogP contribution in [0, 0.1) is 0 Å². The van der Waals surface area contributed by atoms with E-state index in [9.17, 15) is 0 Å². The van der Waals surface area contributed by atoms with Crippen LogP contribution in [-0.4, -0.2) is 33.0 Å². The lowest BCUT2D eigenvalue weighted by Crippen LogP contribution is -2.41. The summed E-state index contributed by atoms with van der Waals surface area (Å²) >= 11 is 0. The Kier molecular flexibility index (Phi) is 4.89. The molecule has 0 saturated carbocycles. The minimum absolute atomic E-state index is 0.157. The first-order chi connectivity index (χ1) is 9.64. The summed E-state index contributed by atoms with van der Waals surface area (Å²) in [4.78, 5) is 0. The van der Waals surface area contributed by atoms with Crippen molar-refractivity contribution in [2.24, 2.45) is 0 Å². The normalized spacial score (nSPS) is 23.6. The number of rotatable bonds is 6. The molecule has 1 N–H and O–H groups in total. The molecule has 0 aromatic heterocycles. The van der Waals surface area contributed by atoms with Gasteiger partial charge in [0.15, 0.2) is 11.5 Å². The quantitative estimate of drug-likeness (QED) is 0.869. The molecular weight excluding hydrogens is 254 g/mol. The van der Waals surface area contributed by atoms with E-state index in [1.54, 1.807) is 14.2 Å². The van der Waals surface area contributed by atoms with Gasteiger partial charge < -0.3 is 19.5 Å². The number of ether oxygens (including phenoxy) is 3. The maximum absolute atomic E-state index is 6.01. The molecule has 2 rings (SSSR count). The van der Waals surface area contributed by atoms with Crippen LogP contribution < -0.4 is 14.8 Å². The average molecular weight is 279 g/mol. The largest absolute Gasteiger partial charge is 0.493 e. The molecule has 4 nitrogen and oxygen atoms in total. The van der Waals surface area contributed by atoms with Crippen molar-refractivity contribution in [2.45, 2.75) is 38.3 Å². The zero-order valence-electron chi connectivity index (χ0n) is 12.9. The molecule has 1 aromatic rings. The first-order valence-corrected chi connectivity index (χ1v) is 7.24. The van der Waals surface area contributed by atoms with Gasteiger partial charge in [-0.2, -0.15) is 0 Å². The van der Waals surface area contributed by atoms with Crippen LogP contribution in [0.3, 0.4) is 0 Å². The molecule has 1 saturated heterocycles. The van der Waals surface area contributed by atoms with Gasteiger partial charge in [-0.3, -0.25) is 0 Å². The predicted octanol–water partition coefficient (Wildman–Crippen LogP) is 2.92. The minimum atomic E-state index is -0.157. The lowest BCUT2D eigenvalue weighted by molar-refractivity contribution is -0.0121. The summed E-state index contributed by atoms with van der Waals surface area (Å²) in [7, 11) is 3.32. The van der Waals surface area contributed by atoms with E-state index in [0.29, 0.717) is 0 Å². The van der Waals surface area contributed by atoms with Gasteiger partial charge in [0.1, 0.15) is 0 Å². The van der Waals surface area contributed by atoms with E-state index < -0.39 is 0 Å². The predicted molar refractivity (Wildman–Crippen MR) is 79.6 cm³/mol. The van der Waals surface area contributed by atoms with Gasteiger partial charge in [0.25, 0.3) is 0 Å². The smallest absolute Gasteiger partial charge is 0.161 e. The van der Waals surface area contributed by atoms with Crippen LogP contribution in [0.5, 0.6) is 11.5 Å². The molecular formula is C16H25NO3. The Morgan fingerprint density at radius 2 is 2.05 bits per heavy atom. The molecule has 0 amide bonds. The van der Waals surface area contributed by atoms with Crippen LogP contribution in [0.2, 0.25) is 0 Å². The Hall–Kier alpha value is -1.26. The molecule has 20 heavy (non-hydrogen) atoms. The first kappa shape index (κ1) is 15.1. The Balaban J connectivity index is 2.34. The summed E-state index contributed by atoms with van der Waals surface area (Å²) < 4.78 is 16.7. The summed E-state index contributed by atoms with van der Waals surface area (Å²) in [6.45, 7) is 6.04. The fourth-order valence-corrected chi connectivity index (χ4v) is 2.95. The summed E-state index contributed by atoms with van der Waals surface area (Å²) in [6.07, 6.45) is 2.19. The molecule has 2 atom stereocenters. The van der Waals surface area contributed by atoms with Gasteiger partial charge >= 0.3 is 0 Å². The molecule has 1 fully saturated rings. The molecule has 2 unspecified atom stereocenters. The lowest BCUT2D eigenvalue weighted by Gasteiger charge is -2.34. The van der Waals surface area contributed by atoms with Crippen molar-refractivity contribution >= 4 is 0 Å². The second-order valence-corrected chi connectivity index (χ2v) is 5.37. The summed E-state index contributed by atoms with van der Waals surface area (Å²) in [5.41, 5.74) is 1.02. The number of hydrogen-bond donors (Lipinski definition) is 1. The van der Waals surface area contributed by atoms with Gasteiger partial charge in [-0.05, 0) is 44.0 Å². The van der Waals surface area contributed by atoms with E-state index in [1.807, 2.05) is 12.1 Å². The zero-order chi connectivity index (χ0) is 14.6. The first-order valence-electron chi connectivity index (χ1n) is 7.24. The van der Waals surface area contributed by atoms with Gasteiger partial charge in [0, 0.05) is 6.61 Å².